The molecule has 1 heterocycles. The molecule has 0 aliphatic carbocycles. The van der Waals surface area contributed by atoms with E-state index in [0.717, 1.165) is 12.1 Å². The van der Waals surface area contributed by atoms with E-state index in [2.05, 4.69) is 43.3 Å². The van der Waals surface area contributed by atoms with E-state index in [1.807, 2.05) is 13.2 Å². The van der Waals surface area contributed by atoms with Crippen molar-refractivity contribution in [3.63, 3.8) is 0 Å². The van der Waals surface area contributed by atoms with Gasteiger partial charge in [-0.3, -0.25) is 4.68 Å². The first-order valence-corrected chi connectivity index (χ1v) is 5.60. The first kappa shape index (κ1) is 12.2. The molecular formula is C11H22N4. The number of aromatic nitrogens is 3. The van der Waals surface area contributed by atoms with Crippen molar-refractivity contribution in [2.75, 3.05) is 0 Å². The van der Waals surface area contributed by atoms with Crippen LogP contribution in [0.15, 0.2) is 6.20 Å². The van der Waals surface area contributed by atoms with Gasteiger partial charge in [0.2, 0.25) is 0 Å². The predicted octanol–water partition coefficient (Wildman–Crippen LogP) is 1.38. The lowest BCUT2D eigenvalue weighted by atomic mass is 9.98. The van der Waals surface area contributed by atoms with Gasteiger partial charge in [-0.25, -0.2) is 0 Å². The van der Waals surface area contributed by atoms with Crippen molar-refractivity contribution in [3.05, 3.63) is 11.9 Å². The first-order chi connectivity index (χ1) is 6.99. The SMILES string of the molecule is CC(C)NC(C)C(C)Cc1cn(C)nn1. The van der Waals surface area contributed by atoms with Crippen molar-refractivity contribution in [1.82, 2.24) is 20.3 Å². The Morgan fingerprint density at radius 1 is 1.33 bits per heavy atom. The van der Waals surface area contributed by atoms with Gasteiger partial charge in [-0.2, -0.15) is 0 Å². The summed E-state index contributed by atoms with van der Waals surface area (Å²) in [4.78, 5) is 0. The normalized spacial score (nSPS) is 15.6. The van der Waals surface area contributed by atoms with Gasteiger partial charge in [0, 0.05) is 25.3 Å². The molecule has 2 atom stereocenters. The monoisotopic (exact) mass is 210 g/mol. The van der Waals surface area contributed by atoms with Crippen molar-refractivity contribution in [2.45, 2.75) is 46.2 Å². The molecule has 2 unspecified atom stereocenters. The van der Waals surface area contributed by atoms with Crippen molar-refractivity contribution in [2.24, 2.45) is 13.0 Å². The van der Waals surface area contributed by atoms with Gasteiger partial charge in [0.25, 0.3) is 0 Å². The van der Waals surface area contributed by atoms with E-state index in [9.17, 15) is 0 Å². The second-order valence-electron chi connectivity index (χ2n) is 4.67. The molecule has 0 aliphatic heterocycles. The third-order valence-electron chi connectivity index (χ3n) is 2.63. The molecule has 0 fully saturated rings. The maximum absolute atomic E-state index is 4.10. The van der Waals surface area contributed by atoms with E-state index in [1.165, 1.54) is 0 Å². The molecule has 0 spiro atoms. The molecule has 1 rings (SSSR count). The van der Waals surface area contributed by atoms with Crippen LogP contribution >= 0.6 is 0 Å². The van der Waals surface area contributed by atoms with Crippen molar-refractivity contribution >= 4 is 0 Å². The zero-order chi connectivity index (χ0) is 11.4. The molecule has 0 saturated carbocycles. The quantitative estimate of drug-likeness (QED) is 0.798. The highest BCUT2D eigenvalue weighted by Gasteiger charge is 2.14. The molecule has 0 radical (unpaired) electrons. The topological polar surface area (TPSA) is 42.7 Å². The Labute approximate surface area is 92.1 Å². The highest BCUT2D eigenvalue weighted by molar-refractivity contribution is 4.94. The van der Waals surface area contributed by atoms with Gasteiger partial charge >= 0.3 is 0 Å². The molecule has 1 N–H and O–H groups in total. The second-order valence-corrected chi connectivity index (χ2v) is 4.67. The average Bonchev–Trinajstić information content (AvgIpc) is 2.50. The van der Waals surface area contributed by atoms with E-state index in [1.54, 1.807) is 4.68 Å². The van der Waals surface area contributed by atoms with Crippen LogP contribution < -0.4 is 5.32 Å². The summed E-state index contributed by atoms with van der Waals surface area (Å²) in [6, 6.07) is 1.04. The van der Waals surface area contributed by atoms with Crippen LogP contribution in [-0.4, -0.2) is 27.1 Å². The van der Waals surface area contributed by atoms with Crippen LogP contribution in [0.5, 0.6) is 0 Å². The number of nitrogens with one attached hydrogen (secondary N) is 1. The van der Waals surface area contributed by atoms with E-state index in [-0.39, 0.29) is 0 Å². The van der Waals surface area contributed by atoms with E-state index in [0.29, 0.717) is 18.0 Å². The highest BCUT2D eigenvalue weighted by Crippen LogP contribution is 2.10. The summed E-state index contributed by atoms with van der Waals surface area (Å²) >= 11 is 0. The molecule has 0 aromatic carbocycles. The number of aryl methyl sites for hydroxylation is 1. The molecule has 86 valence electrons. The van der Waals surface area contributed by atoms with Crippen LogP contribution in [0.2, 0.25) is 0 Å². The lowest BCUT2D eigenvalue weighted by Gasteiger charge is -2.22. The second kappa shape index (κ2) is 5.26. The minimum absolute atomic E-state index is 0.506. The fourth-order valence-electron chi connectivity index (χ4n) is 1.69. The minimum Gasteiger partial charge on any atom is -0.312 e. The molecule has 0 bridgehead atoms. The van der Waals surface area contributed by atoms with E-state index in [4.69, 9.17) is 0 Å². The van der Waals surface area contributed by atoms with E-state index < -0.39 is 0 Å². The van der Waals surface area contributed by atoms with Crippen LogP contribution in [0.25, 0.3) is 0 Å². The summed E-state index contributed by atoms with van der Waals surface area (Å²) < 4.78 is 1.75. The molecule has 1 aromatic heterocycles. The fourth-order valence-corrected chi connectivity index (χ4v) is 1.69. The van der Waals surface area contributed by atoms with Crippen LogP contribution in [0.1, 0.15) is 33.4 Å². The molecule has 4 nitrogen and oxygen atoms in total. The summed E-state index contributed by atoms with van der Waals surface area (Å²) in [5.74, 6) is 0.573. The smallest absolute Gasteiger partial charge is 0.0830 e. The highest BCUT2D eigenvalue weighted by atomic mass is 15.4. The van der Waals surface area contributed by atoms with Gasteiger partial charge in [0.1, 0.15) is 0 Å². The summed E-state index contributed by atoms with van der Waals surface area (Å²) in [5, 5.41) is 11.6. The Morgan fingerprint density at radius 3 is 2.47 bits per heavy atom. The summed E-state index contributed by atoms with van der Waals surface area (Å²) in [6.45, 7) is 8.81. The van der Waals surface area contributed by atoms with E-state index >= 15 is 0 Å². The Hall–Kier alpha value is -0.900. The Morgan fingerprint density at radius 2 is 2.00 bits per heavy atom. The minimum atomic E-state index is 0.506. The number of hydrogen-bond donors (Lipinski definition) is 1. The molecule has 1 aromatic rings. The zero-order valence-corrected chi connectivity index (χ0v) is 10.4. The molecular weight excluding hydrogens is 188 g/mol. The molecule has 4 heteroatoms. The predicted molar refractivity (Wildman–Crippen MR) is 61.6 cm³/mol. The first-order valence-electron chi connectivity index (χ1n) is 5.60. The lowest BCUT2D eigenvalue weighted by molar-refractivity contribution is 0.370. The van der Waals surface area contributed by atoms with Crippen molar-refractivity contribution < 1.29 is 0 Å². The average molecular weight is 210 g/mol. The molecule has 0 aliphatic rings. The largest absolute Gasteiger partial charge is 0.312 e. The van der Waals surface area contributed by atoms with Gasteiger partial charge in [-0.15, -0.1) is 5.10 Å². The van der Waals surface area contributed by atoms with Crippen LogP contribution in [-0.2, 0) is 13.5 Å². The van der Waals surface area contributed by atoms with Crippen LogP contribution in [0.4, 0.5) is 0 Å². The molecule has 0 saturated heterocycles. The van der Waals surface area contributed by atoms with Crippen molar-refractivity contribution in [3.8, 4) is 0 Å². The number of rotatable bonds is 5. The summed E-state index contributed by atoms with van der Waals surface area (Å²) in [7, 11) is 1.90. The third-order valence-corrected chi connectivity index (χ3v) is 2.63. The Balaban J connectivity index is 2.44. The Kier molecular flexibility index (Phi) is 4.27. The van der Waals surface area contributed by atoms with Gasteiger partial charge in [0.15, 0.2) is 0 Å². The van der Waals surface area contributed by atoms with Gasteiger partial charge < -0.3 is 5.32 Å². The Bertz CT molecular complexity index is 293. The maximum Gasteiger partial charge on any atom is 0.0830 e. The molecule has 0 amide bonds. The van der Waals surface area contributed by atoms with Crippen LogP contribution in [0.3, 0.4) is 0 Å². The van der Waals surface area contributed by atoms with Gasteiger partial charge in [0.05, 0.1) is 5.69 Å². The number of nitrogens with zero attached hydrogens (tertiary/aromatic N) is 3. The standard InChI is InChI=1S/C11H22N4/c1-8(2)12-10(4)9(3)6-11-7-15(5)14-13-11/h7-10,12H,6H2,1-5H3. The van der Waals surface area contributed by atoms with Gasteiger partial charge in [-0.05, 0) is 19.3 Å². The fraction of sp³-hybridized carbons (Fsp3) is 0.818. The third kappa shape index (κ3) is 4.00. The van der Waals surface area contributed by atoms with Crippen molar-refractivity contribution in [1.29, 1.82) is 0 Å². The molecule has 15 heavy (non-hydrogen) atoms. The maximum atomic E-state index is 4.10. The number of hydrogen-bond acceptors (Lipinski definition) is 3. The zero-order valence-electron chi connectivity index (χ0n) is 10.4. The summed E-state index contributed by atoms with van der Waals surface area (Å²) in [5.41, 5.74) is 1.07. The van der Waals surface area contributed by atoms with Gasteiger partial charge in [-0.1, -0.05) is 26.0 Å². The van der Waals surface area contributed by atoms with Crippen LogP contribution in [0, 0.1) is 5.92 Å². The lowest BCUT2D eigenvalue weighted by Crippen LogP contribution is -2.37. The summed E-state index contributed by atoms with van der Waals surface area (Å²) in [6.07, 6.45) is 2.97.